The van der Waals surface area contributed by atoms with Crippen molar-refractivity contribution in [1.29, 1.82) is 0 Å². The predicted molar refractivity (Wildman–Crippen MR) is 94.6 cm³/mol. The van der Waals surface area contributed by atoms with Crippen molar-refractivity contribution in [3.63, 3.8) is 0 Å². The maximum absolute atomic E-state index is 13.0. The summed E-state index contributed by atoms with van der Waals surface area (Å²) < 4.78 is 32.4. The standard InChI is InChI=1S/C19H21NO9/c1-18(2)27-13-8-26-19(15(21)14(13)28-18)9-20(17(23)29-19)16(22)11-6-5-10(24-3)7-12(11)25-4/h5-7,13-14H,8-9H2,1-4H3/t13-,14?,19+/m1/s1. The average Bonchev–Trinajstić information content (AvgIpc) is 3.20. The molecular weight excluding hydrogens is 386 g/mol. The largest absolute Gasteiger partial charge is 0.497 e. The second kappa shape index (κ2) is 6.68. The average molecular weight is 407 g/mol. The van der Waals surface area contributed by atoms with Crippen LogP contribution < -0.4 is 9.47 Å². The van der Waals surface area contributed by atoms with Crippen molar-refractivity contribution >= 4 is 17.8 Å². The quantitative estimate of drug-likeness (QED) is 0.728. The van der Waals surface area contributed by atoms with Crippen molar-refractivity contribution in [2.24, 2.45) is 0 Å². The highest BCUT2D eigenvalue weighted by atomic mass is 16.8. The van der Waals surface area contributed by atoms with E-state index < -0.39 is 48.1 Å². The van der Waals surface area contributed by atoms with Crippen LogP contribution in [0, 0.1) is 0 Å². The van der Waals surface area contributed by atoms with Crippen molar-refractivity contribution in [3.8, 4) is 11.5 Å². The van der Waals surface area contributed by atoms with Crippen LogP contribution in [0.4, 0.5) is 4.79 Å². The number of ether oxygens (including phenoxy) is 6. The number of hydrogen-bond donors (Lipinski definition) is 0. The summed E-state index contributed by atoms with van der Waals surface area (Å²) in [6.45, 7) is 2.95. The topological polar surface area (TPSA) is 110 Å². The number of hydrogen-bond acceptors (Lipinski definition) is 9. The van der Waals surface area contributed by atoms with E-state index in [9.17, 15) is 14.4 Å². The Labute approximate surface area is 166 Å². The number of Topliss-reactive ketones (excluding diaryl/α,β-unsaturated/α-hetero) is 1. The number of amides is 2. The Morgan fingerprint density at radius 1 is 1.17 bits per heavy atom. The Kier molecular flexibility index (Phi) is 4.52. The zero-order chi connectivity index (χ0) is 21.0. The number of ketones is 1. The highest BCUT2D eigenvalue weighted by molar-refractivity contribution is 6.07. The minimum Gasteiger partial charge on any atom is -0.497 e. The van der Waals surface area contributed by atoms with Gasteiger partial charge < -0.3 is 28.4 Å². The van der Waals surface area contributed by atoms with Crippen LogP contribution in [-0.2, 0) is 23.7 Å². The van der Waals surface area contributed by atoms with E-state index in [1.165, 1.54) is 26.4 Å². The van der Waals surface area contributed by atoms with E-state index in [1.807, 2.05) is 0 Å². The molecular formula is C19H21NO9. The summed E-state index contributed by atoms with van der Waals surface area (Å²) in [6, 6.07) is 4.54. The van der Waals surface area contributed by atoms with Crippen LogP contribution in [0.2, 0.25) is 0 Å². The van der Waals surface area contributed by atoms with Crippen LogP contribution in [0.1, 0.15) is 24.2 Å². The molecule has 0 aromatic heterocycles. The van der Waals surface area contributed by atoms with Gasteiger partial charge in [0.15, 0.2) is 11.9 Å². The number of nitrogens with zero attached hydrogens (tertiary/aromatic N) is 1. The SMILES string of the molecule is COc1ccc(C(=O)N2C[C@]3(OC[C@H]4OC(C)(C)OC4C3=O)OC2=O)c(OC)c1. The molecule has 2 amide bonds. The molecule has 3 heterocycles. The lowest BCUT2D eigenvalue weighted by Crippen LogP contribution is -2.59. The fourth-order valence-electron chi connectivity index (χ4n) is 3.66. The number of carbonyl (C=O) groups excluding carboxylic acids is 3. The molecule has 0 aliphatic carbocycles. The van der Waals surface area contributed by atoms with Crippen molar-refractivity contribution in [3.05, 3.63) is 23.8 Å². The second-order valence-electron chi connectivity index (χ2n) is 7.35. The first-order valence-electron chi connectivity index (χ1n) is 9.00. The van der Waals surface area contributed by atoms with E-state index in [1.54, 1.807) is 19.9 Å². The number of rotatable bonds is 3. The van der Waals surface area contributed by atoms with E-state index in [4.69, 9.17) is 28.4 Å². The van der Waals surface area contributed by atoms with Gasteiger partial charge in [0.1, 0.15) is 24.1 Å². The molecule has 1 unspecified atom stereocenters. The van der Waals surface area contributed by atoms with Gasteiger partial charge in [-0.3, -0.25) is 9.59 Å². The zero-order valence-electron chi connectivity index (χ0n) is 16.4. The molecule has 10 heteroatoms. The molecule has 1 aromatic rings. The Hall–Kier alpha value is -2.69. The van der Waals surface area contributed by atoms with Gasteiger partial charge in [-0.05, 0) is 26.0 Å². The highest BCUT2D eigenvalue weighted by Crippen LogP contribution is 2.39. The predicted octanol–water partition coefficient (Wildman–Crippen LogP) is 1.11. The molecule has 29 heavy (non-hydrogen) atoms. The van der Waals surface area contributed by atoms with Gasteiger partial charge in [-0.25, -0.2) is 9.69 Å². The Morgan fingerprint density at radius 3 is 2.62 bits per heavy atom. The van der Waals surface area contributed by atoms with Crippen molar-refractivity contribution in [2.75, 3.05) is 27.4 Å². The summed E-state index contributed by atoms with van der Waals surface area (Å²) in [5.41, 5.74) is 0.116. The molecule has 0 bridgehead atoms. The minimum atomic E-state index is -1.92. The smallest absolute Gasteiger partial charge is 0.420 e. The monoisotopic (exact) mass is 407 g/mol. The molecule has 3 atom stereocenters. The third-order valence-corrected chi connectivity index (χ3v) is 5.02. The third-order valence-electron chi connectivity index (χ3n) is 5.02. The van der Waals surface area contributed by atoms with Crippen molar-refractivity contribution in [1.82, 2.24) is 4.90 Å². The summed E-state index contributed by atoms with van der Waals surface area (Å²) in [4.78, 5) is 39.2. The van der Waals surface area contributed by atoms with Gasteiger partial charge in [0.05, 0.1) is 26.4 Å². The summed E-state index contributed by atoms with van der Waals surface area (Å²) in [6.07, 6.45) is -2.54. The number of carbonyl (C=O) groups is 3. The molecule has 0 radical (unpaired) electrons. The lowest BCUT2D eigenvalue weighted by molar-refractivity contribution is -0.219. The molecule has 3 saturated heterocycles. The lowest BCUT2D eigenvalue weighted by atomic mass is 9.98. The maximum Gasteiger partial charge on any atom is 0.420 e. The Bertz CT molecular complexity index is 882. The molecule has 1 aromatic carbocycles. The number of methoxy groups -OCH3 is 2. The molecule has 10 nitrogen and oxygen atoms in total. The summed E-state index contributed by atoms with van der Waals surface area (Å²) in [5.74, 6) is -3.46. The van der Waals surface area contributed by atoms with Gasteiger partial charge in [0.25, 0.3) is 11.7 Å². The summed E-state index contributed by atoms with van der Waals surface area (Å²) >= 11 is 0. The summed E-state index contributed by atoms with van der Waals surface area (Å²) in [7, 11) is 2.87. The van der Waals surface area contributed by atoms with Crippen molar-refractivity contribution in [2.45, 2.75) is 37.6 Å². The normalized spacial score (nSPS) is 30.3. The van der Waals surface area contributed by atoms with Gasteiger partial charge >= 0.3 is 6.09 Å². The van der Waals surface area contributed by atoms with E-state index in [-0.39, 0.29) is 17.9 Å². The third kappa shape index (κ3) is 3.13. The van der Waals surface area contributed by atoms with E-state index in [2.05, 4.69) is 0 Å². The van der Waals surface area contributed by atoms with Crippen LogP contribution in [0.3, 0.4) is 0 Å². The van der Waals surface area contributed by atoms with Gasteiger partial charge in [0, 0.05) is 6.07 Å². The first kappa shape index (κ1) is 19.6. The van der Waals surface area contributed by atoms with Crippen LogP contribution in [0.15, 0.2) is 18.2 Å². The van der Waals surface area contributed by atoms with Crippen molar-refractivity contribution < 1.29 is 42.8 Å². The molecule has 4 rings (SSSR count). The number of imide groups is 1. The van der Waals surface area contributed by atoms with Crippen LogP contribution >= 0.6 is 0 Å². The van der Waals surface area contributed by atoms with Crippen LogP contribution in [0.5, 0.6) is 11.5 Å². The fraction of sp³-hybridized carbons (Fsp3) is 0.526. The van der Waals surface area contributed by atoms with Gasteiger partial charge in [-0.15, -0.1) is 0 Å². The van der Waals surface area contributed by atoms with Gasteiger partial charge in [-0.2, -0.15) is 0 Å². The molecule has 3 aliphatic heterocycles. The minimum absolute atomic E-state index is 0.0129. The first-order chi connectivity index (χ1) is 13.7. The molecule has 0 N–H and O–H groups in total. The maximum atomic E-state index is 13.0. The lowest BCUT2D eigenvalue weighted by Gasteiger charge is -2.34. The summed E-state index contributed by atoms with van der Waals surface area (Å²) in [5, 5.41) is 0. The molecule has 0 saturated carbocycles. The second-order valence-corrected chi connectivity index (χ2v) is 7.35. The highest BCUT2D eigenvalue weighted by Gasteiger charge is 2.63. The number of benzene rings is 1. The van der Waals surface area contributed by atoms with Gasteiger partial charge in [0.2, 0.25) is 5.78 Å². The van der Waals surface area contributed by atoms with E-state index >= 15 is 0 Å². The number of fused-ring (bicyclic) bond motifs is 1. The first-order valence-corrected chi connectivity index (χ1v) is 9.00. The Morgan fingerprint density at radius 2 is 1.93 bits per heavy atom. The van der Waals surface area contributed by atoms with E-state index in [0.29, 0.717) is 5.75 Å². The fourth-order valence-corrected chi connectivity index (χ4v) is 3.66. The molecule has 3 aliphatic rings. The van der Waals surface area contributed by atoms with Crippen LogP contribution in [0.25, 0.3) is 0 Å². The van der Waals surface area contributed by atoms with Gasteiger partial charge in [-0.1, -0.05) is 0 Å². The molecule has 156 valence electrons. The Balaban J connectivity index is 1.59. The zero-order valence-corrected chi connectivity index (χ0v) is 16.4. The van der Waals surface area contributed by atoms with E-state index in [0.717, 1.165) is 4.90 Å². The molecule has 1 spiro atoms. The van der Waals surface area contributed by atoms with Crippen LogP contribution in [-0.4, -0.2) is 73.8 Å². The molecule has 3 fully saturated rings.